The average molecular weight is 253 g/mol. The van der Waals surface area contributed by atoms with E-state index in [1.54, 1.807) is 18.5 Å². The van der Waals surface area contributed by atoms with Crippen molar-refractivity contribution in [1.29, 1.82) is 0 Å². The van der Waals surface area contributed by atoms with Crippen LogP contribution < -0.4 is 11.5 Å². The van der Waals surface area contributed by atoms with Crippen molar-refractivity contribution in [2.75, 3.05) is 11.5 Å². The van der Waals surface area contributed by atoms with Crippen LogP contribution in [0.5, 0.6) is 0 Å². The molecule has 5 heteroatoms. The number of imidazole rings is 1. The second-order valence-electron chi connectivity index (χ2n) is 4.43. The SMILES string of the molecule is CCn1c(-c2cc(N)cc(N)c2)nc2cnccc21. The summed E-state index contributed by atoms with van der Waals surface area (Å²) < 4.78 is 2.13. The van der Waals surface area contributed by atoms with E-state index in [2.05, 4.69) is 21.5 Å². The second-order valence-corrected chi connectivity index (χ2v) is 4.43. The van der Waals surface area contributed by atoms with Gasteiger partial charge in [0.05, 0.1) is 11.7 Å². The lowest BCUT2D eigenvalue weighted by molar-refractivity contribution is 0.796. The summed E-state index contributed by atoms with van der Waals surface area (Å²) in [6.45, 7) is 2.91. The third kappa shape index (κ3) is 1.89. The van der Waals surface area contributed by atoms with Crippen molar-refractivity contribution < 1.29 is 0 Å². The second kappa shape index (κ2) is 4.28. The molecule has 1 aromatic carbocycles. The van der Waals surface area contributed by atoms with Crippen molar-refractivity contribution in [2.45, 2.75) is 13.5 Å². The molecule has 0 atom stereocenters. The molecule has 2 heterocycles. The van der Waals surface area contributed by atoms with Crippen molar-refractivity contribution in [3.05, 3.63) is 36.7 Å². The number of hydrogen-bond acceptors (Lipinski definition) is 4. The first-order valence-electron chi connectivity index (χ1n) is 6.15. The number of hydrogen-bond donors (Lipinski definition) is 2. The third-order valence-electron chi connectivity index (χ3n) is 3.10. The van der Waals surface area contributed by atoms with E-state index in [9.17, 15) is 0 Å². The number of pyridine rings is 1. The first-order valence-corrected chi connectivity index (χ1v) is 6.15. The number of nitrogen functional groups attached to an aromatic ring is 2. The number of benzene rings is 1. The number of rotatable bonds is 2. The number of fused-ring (bicyclic) bond motifs is 1. The molecule has 2 aromatic heterocycles. The fourth-order valence-electron chi connectivity index (χ4n) is 2.33. The molecule has 19 heavy (non-hydrogen) atoms. The topological polar surface area (TPSA) is 82.8 Å². The monoisotopic (exact) mass is 253 g/mol. The standard InChI is InChI=1S/C14H15N5/c1-2-19-13-3-4-17-8-12(13)18-14(19)9-5-10(15)7-11(16)6-9/h3-8H,2,15-16H2,1H3. The van der Waals surface area contributed by atoms with Gasteiger partial charge in [0.2, 0.25) is 0 Å². The van der Waals surface area contributed by atoms with Crippen LogP contribution in [0.1, 0.15) is 6.92 Å². The number of nitrogens with zero attached hydrogens (tertiary/aromatic N) is 3. The van der Waals surface area contributed by atoms with Gasteiger partial charge in [-0.3, -0.25) is 4.98 Å². The molecule has 0 radical (unpaired) electrons. The van der Waals surface area contributed by atoms with Gasteiger partial charge in [0.25, 0.3) is 0 Å². The fraction of sp³-hybridized carbons (Fsp3) is 0.143. The van der Waals surface area contributed by atoms with Crippen molar-refractivity contribution in [3.8, 4) is 11.4 Å². The maximum absolute atomic E-state index is 5.85. The van der Waals surface area contributed by atoms with E-state index in [0.717, 1.165) is 29.0 Å². The van der Waals surface area contributed by atoms with E-state index in [0.29, 0.717) is 11.4 Å². The molecule has 0 aliphatic carbocycles. The third-order valence-corrected chi connectivity index (χ3v) is 3.10. The zero-order valence-corrected chi connectivity index (χ0v) is 10.7. The molecule has 96 valence electrons. The molecule has 0 aliphatic rings. The summed E-state index contributed by atoms with van der Waals surface area (Å²) in [5, 5.41) is 0. The fourth-order valence-corrected chi connectivity index (χ4v) is 2.33. The van der Waals surface area contributed by atoms with Gasteiger partial charge in [-0.15, -0.1) is 0 Å². The Balaban J connectivity index is 2.29. The predicted octanol–water partition coefficient (Wildman–Crippen LogP) is 2.28. The van der Waals surface area contributed by atoms with Crippen LogP contribution in [-0.4, -0.2) is 14.5 Å². The van der Waals surface area contributed by atoms with E-state index >= 15 is 0 Å². The molecule has 0 amide bonds. The summed E-state index contributed by atoms with van der Waals surface area (Å²) in [5.41, 5.74) is 15.9. The lowest BCUT2D eigenvalue weighted by atomic mass is 10.1. The van der Waals surface area contributed by atoms with Crippen molar-refractivity contribution in [2.24, 2.45) is 0 Å². The van der Waals surface area contributed by atoms with Crippen LogP contribution in [0.25, 0.3) is 22.4 Å². The van der Waals surface area contributed by atoms with Crippen LogP contribution >= 0.6 is 0 Å². The Labute approximate surface area is 110 Å². The highest BCUT2D eigenvalue weighted by molar-refractivity contribution is 5.81. The van der Waals surface area contributed by atoms with Crippen LogP contribution in [0, 0.1) is 0 Å². The molecule has 0 unspecified atom stereocenters. The Kier molecular flexibility index (Phi) is 2.59. The van der Waals surface area contributed by atoms with Gasteiger partial charge in [-0.25, -0.2) is 4.98 Å². The molecule has 4 N–H and O–H groups in total. The maximum atomic E-state index is 5.85. The van der Waals surface area contributed by atoms with Gasteiger partial charge in [-0.1, -0.05) is 0 Å². The number of anilines is 2. The lowest BCUT2D eigenvalue weighted by Crippen LogP contribution is -1.99. The maximum Gasteiger partial charge on any atom is 0.141 e. The molecule has 5 nitrogen and oxygen atoms in total. The molecule has 3 aromatic rings. The van der Waals surface area contributed by atoms with Crippen molar-refractivity contribution in [3.63, 3.8) is 0 Å². The molecular weight excluding hydrogens is 238 g/mol. The van der Waals surface area contributed by atoms with E-state index in [4.69, 9.17) is 11.5 Å². The molecule has 0 fully saturated rings. The van der Waals surface area contributed by atoms with Gasteiger partial charge < -0.3 is 16.0 Å². The largest absolute Gasteiger partial charge is 0.399 e. The highest BCUT2D eigenvalue weighted by Crippen LogP contribution is 2.27. The van der Waals surface area contributed by atoms with Crippen LogP contribution in [0.2, 0.25) is 0 Å². The van der Waals surface area contributed by atoms with Gasteiger partial charge in [0, 0.05) is 29.7 Å². The minimum absolute atomic E-state index is 0.642. The summed E-state index contributed by atoms with van der Waals surface area (Å²) in [7, 11) is 0. The Morgan fingerprint density at radius 1 is 1.16 bits per heavy atom. The minimum atomic E-state index is 0.642. The highest BCUT2D eigenvalue weighted by Gasteiger charge is 2.12. The Hall–Kier alpha value is -2.56. The van der Waals surface area contributed by atoms with Gasteiger partial charge >= 0.3 is 0 Å². The quantitative estimate of drug-likeness (QED) is 0.686. The predicted molar refractivity (Wildman–Crippen MR) is 77.5 cm³/mol. The average Bonchev–Trinajstić information content (AvgIpc) is 2.76. The minimum Gasteiger partial charge on any atom is -0.399 e. The smallest absolute Gasteiger partial charge is 0.141 e. The number of nitrogens with two attached hydrogens (primary N) is 2. The number of aromatic nitrogens is 3. The van der Waals surface area contributed by atoms with Gasteiger partial charge in [0.1, 0.15) is 11.3 Å². The molecular formula is C14H15N5. The highest BCUT2D eigenvalue weighted by atomic mass is 15.1. The van der Waals surface area contributed by atoms with Crippen LogP contribution in [0.4, 0.5) is 11.4 Å². The van der Waals surface area contributed by atoms with Crippen molar-refractivity contribution >= 4 is 22.4 Å². The van der Waals surface area contributed by atoms with Crippen molar-refractivity contribution in [1.82, 2.24) is 14.5 Å². The molecule has 0 bridgehead atoms. The lowest BCUT2D eigenvalue weighted by Gasteiger charge is -2.07. The molecule has 0 saturated heterocycles. The van der Waals surface area contributed by atoms with Crippen LogP contribution in [-0.2, 0) is 6.54 Å². The van der Waals surface area contributed by atoms with E-state index < -0.39 is 0 Å². The van der Waals surface area contributed by atoms with E-state index in [1.807, 2.05) is 18.2 Å². The summed E-state index contributed by atoms with van der Waals surface area (Å²) in [6, 6.07) is 7.48. The Morgan fingerprint density at radius 3 is 2.58 bits per heavy atom. The van der Waals surface area contributed by atoms with E-state index in [1.165, 1.54) is 0 Å². The summed E-state index contributed by atoms with van der Waals surface area (Å²) in [6.07, 6.45) is 3.54. The normalized spacial score (nSPS) is 11.0. The Bertz CT molecular complexity index is 724. The number of aryl methyl sites for hydroxylation is 1. The molecule has 3 rings (SSSR count). The molecule has 0 saturated carbocycles. The van der Waals surface area contributed by atoms with Gasteiger partial charge in [0.15, 0.2) is 0 Å². The van der Waals surface area contributed by atoms with Gasteiger partial charge in [-0.2, -0.15) is 0 Å². The summed E-state index contributed by atoms with van der Waals surface area (Å²) in [5.74, 6) is 0.865. The first kappa shape index (κ1) is 11.5. The summed E-state index contributed by atoms with van der Waals surface area (Å²) >= 11 is 0. The zero-order chi connectivity index (χ0) is 13.4. The van der Waals surface area contributed by atoms with Crippen LogP contribution in [0.15, 0.2) is 36.7 Å². The molecule has 0 aliphatic heterocycles. The molecule has 0 spiro atoms. The van der Waals surface area contributed by atoms with E-state index in [-0.39, 0.29) is 0 Å². The summed E-state index contributed by atoms with van der Waals surface area (Å²) in [4.78, 5) is 8.73. The van der Waals surface area contributed by atoms with Gasteiger partial charge in [-0.05, 0) is 31.2 Å². The zero-order valence-electron chi connectivity index (χ0n) is 10.7. The van der Waals surface area contributed by atoms with Crippen LogP contribution in [0.3, 0.4) is 0 Å². The first-order chi connectivity index (χ1) is 9.19. The Morgan fingerprint density at radius 2 is 1.89 bits per heavy atom.